The highest BCUT2D eigenvalue weighted by atomic mass is 32.1. The van der Waals surface area contributed by atoms with Crippen LogP contribution in [-0.4, -0.2) is 23.2 Å². The van der Waals surface area contributed by atoms with Crippen LogP contribution in [0.3, 0.4) is 0 Å². The third-order valence-electron chi connectivity index (χ3n) is 2.43. The number of hydrogen-bond acceptors (Lipinski definition) is 4. The number of aliphatic hydroxyl groups is 1. The molecule has 0 aliphatic carbocycles. The number of nitrogens with zero attached hydrogens (tertiary/aromatic N) is 1. The molecule has 1 aromatic heterocycles. The number of aromatic nitrogens is 1. The second kappa shape index (κ2) is 4.38. The smallest absolute Gasteiger partial charge is 0.0953 e. The maximum absolute atomic E-state index is 9.27. The van der Waals surface area contributed by atoms with Crippen LogP contribution in [-0.2, 0) is 5.41 Å². The minimum atomic E-state index is -0.385. The summed E-state index contributed by atoms with van der Waals surface area (Å²) in [6.07, 6.45) is 0. The van der Waals surface area contributed by atoms with Gasteiger partial charge in [0.1, 0.15) is 0 Å². The van der Waals surface area contributed by atoms with E-state index in [0.717, 1.165) is 10.7 Å². The van der Waals surface area contributed by atoms with Crippen molar-refractivity contribution in [2.45, 2.75) is 32.1 Å². The molecular formula is C10H18N2OS. The van der Waals surface area contributed by atoms with Crippen molar-refractivity contribution < 1.29 is 5.11 Å². The van der Waals surface area contributed by atoms with E-state index >= 15 is 0 Å². The molecule has 1 aromatic rings. The van der Waals surface area contributed by atoms with Gasteiger partial charge in [-0.3, -0.25) is 0 Å². The zero-order valence-electron chi connectivity index (χ0n) is 8.95. The van der Waals surface area contributed by atoms with Crippen molar-refractivity contribution in [2.24, 2.45) is 5.73 Å². The summed E-state index contributed by atoms with van der Waals surface area (Å²) in [5, 5.41) is 12.4. The van der Waals surface area contributed by atoms with E-state index in [9.17, 15) is 5.11 Å². The Morgan fingerprint density at radius 2 is 2.29 bits per heavy atom. The van der Waals surface area contributed by atoms with E-state index in [1.54, 1.807) is 11.3 Å². The Morgan fingerprint density at radius 1 is 1.64 bits per heavy atom. The molecule has 14 heavy (non-hydrogen) atoms. The number of thiazole rings is 1. The quantitative estimate of drug-likeness (QED) is 0.798. The number of nitrogens with two attached hydrogens (primary N) is 1. The fourth-order valence-electron chi connectivity index (χ4n) is 1.08. The molecule has 0 amide bonds. The van der Waals surface area contributed by atoms with Gasteiger partial charge in [0, 0.05) is 23.3 Å². The molecule has 1 unspecified atom stereocenters. The van der Waals surface area contributed by atoms with Crippen LogP contribution in [0.2, 0.25) is 0 Å². The first-order valence-corrected chi connectivity index (χ1v) is 5.68. The Morgan fingerprint density at radius 3 is 2.64 bits per heavy atom. The zero-order valence-corrected chi connectivity index (χ0v) is 9.77. The molecule has 4 heteroatoms. The highest BCUT2D eigenvalue weighted by Gasteiger charge is 2.27. The second-order valence-electron chi connectivity index (χ2n) is 4.15. The lowest BCUT2D eigenvalue weighted by molar-refractivity contribution is 0.207. The molecule has 1 atom stereocenters. The molecular weight excluding hydrogens is 196 g/mol. The summed E-state index contributed by atoms with van der Waals surface area (Å²) in [6.45, 7) is 6.63. The zero-order chi connectivity index (χ0) is 10.8. The molecule has 0 saturated carbocycles. The average Bonchev–Trinajstić information content (AvgIpc) is 2.66. The highest BCUT2D eigenvalue weighted by Crippen LogP contribution is 2.27. The van der Waals surface area contributed by atoms with Crippen LogP contribution < -0.4 is 5.73 Å². The highest BCUT2D eigenvalue weighted by molar-refractivity contribution is 7.09. The summed E-state index contributed by atoms with van der Waals surface area (Å²) >= 11 is 1.64. The van der Waals surface area contributed by atoms with Gasteiger partial charge in [-0.1, -0.05) is 20.8 Å². The SMILES string of the molecule is CC(C)c1nc(C(C)(CN)CO)cs1. The van der Waals surface area contributed by atoms with Crippen LogP contribution in [0, 0.1) is 0 Å². The lowest BCUT2D eigenvalue weighted by atomic mass is 9.89. The molecule has 0 spiro atoms. The largest absolute Gasteiger partial charge is 0.395 e. The fraction of sp³-hybridized carbons (Fsp3) is 0.700. The van der Waals surface area contributed by atoms with Gasteiger partial charge in [0.2, 0.25) is 0 Å². The van der Waals surface area contributed by atoms with Gasteiger partial charge in [0.05, 0.1) is 17.3 Å². The first-order chi connectivity index (χ1) is 6.53. The Balaban J connectivity index is 2.95. The molecule has 0 bridgehead atoms. The molecule has 0 aliphatic rings. The van der Waals surface area contributed by atoms with Crippen LogP contribution in [0.15, 0.2) is 5.38 Å². The van der Waals surface area contributed by atoms with Crippen molar-refractivity contribution in [3.8, 4) is 0 Å². The third kappa shape index (κ3) is 2.13. The Hall–Kier alpha value is -0.450. The lowest BCUT2D eigenvalue weighted by Crippen LogP contribution is -2.35. The second-order valence-corrected chi connectivity index (χ2v) is 5.04. The molecule has 1 heterocycles. The molecule has 1 rings (SSSR count). The summed E-state index contributed by atoms with van der Waals surface area (Å²) < 4.78 is 0. The van der Waals surface area contributed by atoms with Crippen LogP contribution in [0.1, 0.15) is 37.4 Å². The van der Waals surface area contributed by atoms with Crippen molar-refractivity contribution in [3.63, 3.8) is 0 Å². The maximum atomic E-state index is 9.27. The van der Waals surface area contributed by atoms with Gasteiger partial charge in [-0.2, -0.15) is 0 Å². The Labute approximate surface area is 89.0 Å². The summed E-state index contributed by atoms with van der Waals surface area (Å²) in [4.78, 5) is 4.50. The van der Waals surface area contributed by atoms with E-state index in [1.165, 1.54) is 0 Å². The normalized spacial score (nSPS) is 15.9. The van der Waals surface area contributed by atoms with E-state index in [2.05, 4.69) is 18.8 Å². The number of hydrogen-bond donors (Lipinski definition) is 2. The molecule has 0 radical (unpaired) electrons. The average molecular weight is 214 g/mol. The monoisotopic (exact) mass is 214 g/mol. The van der Waals surface area contributed by atoms with Crippen LogP contribution in [0.25, 0.3) is 0 Å². The first-order valence-electron chi connectivity index (χ1n) is 4.80. The van der Waals surface area contributed by atoms with Crippen LogP contribution in [0.4, 0.5) is 0 Å². The van der Waals surface area contributed by atoms with E-state index in [0.29, 0.717) is 12.5 Å². The van der Waals surface area contributed by atoms with E-state index in [4.69, 9.17) is 5.73 Å². The van der Waals surface area contributed by atoms with Gasteiger partial charge >= 0.3 is 0 Å². The van der Waals surface area contributed by atoms with Gasteiger partial charge in [-0.05, 0) is 0 Å². The molecule has 3 N–H and O–H groups in total. The fourth-order valence-corrected chi connectivity index (χ4v) is 2.07. The summed E-state index contributed by atoms with van der Waals surface area (Å²) in [6, 6.07) is 0. The molecule has 0 aliphatic heterocycles. The predicted molar refractivity (Wildman–Crippen MR) is 59.7 cm³/mol. The van der Waals surface area contributed by atoms with Gasteiger partial charge in [-0.25, -0.2) is 4.98 Å². The summed E-state index contributed by atoms with van der Waals surface area (Å²) in [5.74, 6) is 0.439. The van der Waals surface area contributed by atoms with Crippen LogP contribution >= 0.6 is 11.3 Å². The minimum absolute atomic E-state index is 0.0464. The van der Waals surface area contributed by atoms with E-state index in [1.807, 2.05) is 12.3 Å². The number of aliphatic hydroxyl groups excluding tert-OH is 1. The predicted octanol–water partition coefficient (Wildman–Crippen LogP) is 1.48. The van der Waals surface area contributed by atoms with Crippen molar-refractivity contribution in [3.05, 3.63) is 16.1 Å². The van der Waals surface area contributed by atoms with Crippen LogP contribution in [0.5, 0.6) is 0 Å². The van der Waals surface area contributed by atoms with Crippen molar-refractivity contribution in [1.82, 2.24) is 4.98 Å². The third-order valence-corrected chi connectivity index (χ3v) is 3.58. The lowest BCUT2D eigenvalue weighted by Gasteiger charge is -2.22. The molecule has 3 nitrogen and oxygen atoms in total. The van der Waals surface area contributed by atoms with Crippen molar-refractivity contribution in [2.75, 3.05) is 13.2 Å². The minimum Gasteiger partial charge on any atom is -0.395 e. The standard InChI is InChI=1S/C10H18N2OS/c1-7(2)9-12-8(4-14-9)10(3,5-11)6-13/h4,7,13H,5-6,11H2,1-3H3. The molecule has 0 aromatic carbocycles. The molecule has 0 saturated heterocycles. The molecule has 0 fully saturated rings. The van der Waals surface area contributed by atoms with E-state index < -0.39 is 0 Å². The van der Waals surface area contributed by atoms with Gasteiger partial charge < -0.3 is 10.8 Å². The van der Waals surface area contributed by atoms with Gasteiger partial charge in [0.15, 0.2) is 0 Å². The maximum Gasteiger partial charge on any atom is 0.0953 e. The summed E-state index contributed by atoms with van der Waals surface area (Å²) in [5.41, 5.74) is 6.17. The Bertz CT molecular complexity index is 292. The van der Waals surface area contributed by atoms with Gasteiger partial charge in [-0.15, -0.1) is 11.3 Å². The Kier molecular flexibility index (Phi) is 3.64. The molecule has 80 valence electrons. The number of rotatable bonds is 4. The van der Waals surface area contributed by atoms with Crippen molar-refractivity contribution >= 4 is 11.3 Å². The topological polar surface area (TPSA) is 59.1 Å². The van der Waals surface area contributed by atoms with Crippen molar-refractivity contribution in [1.29, 1.82) is 0 Å². The summed E-state index contributed by atoms with van der Waals surface area (Å²) in [7, 11) is 0. The van der Waals surface area contributed by atoms with Gasteiger partial charge in [0.25, 0.3) is 0 Å². The van der Waals surface area contributed by atoms with E-state index in [-0.39, 0.29) is 12.0 Å². The first kappa shape index (κ1) is 11.6.